The first-order valence-corrected chi connectivity index (χ1v) is 7.41. The number of carbonyl (C=O) groups is 2. The van der Waals surface area contributed by atoms with E-state index in [1.165, 1.54) is 0 Å². The molecule has 0 fully saturated rings. The molecule has 0 aliphatic heterocycles. The fourth-order valence-electron chi connectivity index (χ4n) is 1.67. The predicted octanol–water partition coefficient (Wildman–Crippen LogP) is 3.98. The van der Waals surface area contributed by atoms with Gasteiger partial charge in [-0.3, -0.25) is 9.59 Å². The standard InChI is InChI=1S/C17H24O4/c1-12(2)8-7-11-16(18)20-14-9-5-6-10-15(14)21-17(19)13(3)4/h5-6,9-10,12-13H,7-8,11H2,1-4H3. The van der Waals surface area contributed by atoms with Crippen molar-refractivity contribution < 1.29 is 19.1 Å². The van der Waals surface area contributed by atoms with Gasteiger partial charge in [-0.1, -0.05) is 46.2 Å². The number of para-hydroxylation sites is 2. The van der Waals surface area contributed by atoms with Gasteiger partial charge in [-0.2, -0.15) is 0 Å². The highest BCUT2D eigenvalue weighted by Gasteiger charge is 2.15. The highest BCUT2D eigenvalue weighted by molar-refractivity contribution is 5.77. The molecule has 4 heteroatoms. The largest absolute Gasteiger partial charge is 0.423 e. The minimum Gasteiger partial charge on any atom is -0.423 e. The molecule has 116 valence electrons. The van der Waals surface area contributed by atoms with Crippen LogP contribution in [-0.4, -0.2) is 11.9 Å². The van der Waals surface area contributed by atoms with Crippen molar-refractivity contribution in [3.05, 3.63) is 24.3 Å². The van der Waals surface area contributed by atoms with E-state index in [0.717, 1.165) is 12.8 Å². The molecule has 0 heterocycles. The van der Waals surface area contributed by atoms with Crippen molar-refractivity contribution in [3.63, 3.8) is 0 Å². The van der Waals surface area contributed by atoms with Crippen molar-refractivity contribution in [2.24, 2.45) is 11.8 Å². The van der Waals surface area contributed by atoms with Crippen LogP contribution in [0.3, 0.4) is 0 Å². The zero-order valence-corrected chi connectivity index (χ0v) is 13.2. The molecule has 0 atom stereocenters. The summed E-state index contributed by atoms with van der Waals surface area (Å²) in [6.07, 6.45) is 2.15. The Kier molecular flexibility index (Phi) is 6.92. The molecule has 0 aliphatic rings. The van der Waals surface area contributed by atoms with E-state index in [4.69, 9.17) is 9.47 Å². The van der Waals surface area contributed by atoms with Gasteiger partial charge in [0.2, 0.25) is 0 Å². The minimum atomic E-state index is -0.349. The number of rotatable bonds is 7. The fourth-order valence-corrected chi connectivity index (χ4v) is 1.67. The average molecular weight is 292 g/mol. The smallest absolute Gasteiger partial charge is 0.313 e. The number of esters is 2. The molecule has 0 radical (unpaired) electrons. The van der Waals surface area contributed by atoms with Gasteiger partial charge in [0.1, 0.15) is 0 Å². The molecule has 0 aromatic heterocycles. The van der Waals surface area contributed by atoms with Crippen LogP contribution in [0.2, 0.25) is 0 Å². The molecule has 0 saturated heterocycles. The number of carbonyl (C=O) groups excluding carboxylic acids is 2. The highest BCUT2D eigenvalue weighted by atomic mass is 16.6. The minimum absolute atomic E-state index is 0.236. The van der Waals surface area contributed by atoms with Crippen LogP contribution in [0.25, 0.3) is 0 Å². The molecule has 0 bridgehead atoms. The zero-order chi connectivity index (χ0) is 15.8. The van der Waals surface area contributed by atoms with E-state index in [2.05, 4.69) is 13.8 Å². The Balaban J connectivity index is 2.62. The van der Waals surface area contributed by atoms with Gasteiger partial charge >= 0.3 is 11.9 Å². The van der Waals surface area contributed by atoms with Crippen LogP contribution in [-0.2, 0) is 9.59 Å². The summed E-state index contributed by atoms with van der Waals surface area (Å²) in [5.41, 5.74) is 0. The van der Waals surface area contributed by atoms with E-state index < -0.39 is 0 Å². The maximum atomic E-state index is 11.8. The first kappa shape index (κ1) is 17.2. The molecule has 1 aromatic carbocycles. The van der Waals surface area contributed by atoms with Crippen LogP contribution in [0.1, 0.15) is 47.0 Å². The van der Waals surface area contributed by atoms with Crippen molar-refractivity contribution in [3.8, 4) is 11.5 Å². The first-order valence-electron chi connectivity index (χ1n) is 7.41. The summed E-state index contributed by atoms with van der Waals surface area (Å²) in [5, 5.41) is 0. The molecule has 4 nitrogen and oxygen atoms in total. The van der Waals surface area contributed by atoms with Gasteiger partial charge in [-0.05, 0) is 24.5 Å². The lowest BCUT2D eigenvalue weighted by atomic mass is 10.1. The lowest BCUT2D eigenvalue weighted by Gasteiger charge is -2.11. The van der Waals surface area contributed by atoms with Crippen LogP contribution in [0.15, 0.2) is 24.3 Å². The monoisotopic (exact) mass is 292 g/mol. The van der Waals surface area contributed by atoms with Gasteiger partial charge in [0, 0.05) is 6.42 Å². The molecule has 0 amide bonds. The van der Waals surface area contributed by atoms with Gasteiger partial charge in [0.05, 0.1) is 5.92 Å². The van der Waals surface area contributed by atoms with Crippen molar-refractivity contribution in [2.45, 2.75) is 47.0 Å². The fraction of sp³-hybridized carbons (Fsp3) is 0.529. The van der Waals surface area contributed by atoms with Crippen LogP contribution < -0.4 is 9.47 Å². The Bertz CT molecular complexity index is 477. The Hall–Kier alpha value is -1.84. The zero-order valence-electron chi connectivity index (χ0n) is 13.2. The predicted molar refractivity (Wildman–Crippen MR) is 81.2 cm³/mol. The SMILES string of the molecule is CC(C)CCCC(=O)Oc1ccccc1OC(=O)C(C)C. The van der Waals surface area contributed by atoms with E-state index in [-0.39, 0.29) is 23.6 Å². The van der Waals surface area contributed by atoms with E-state index in [0.29, 0.717) is 18.1 Å². The van der Waals surface area contributed by atoms with E-state index in [1.807, 2.05) is 0 Å². The maximum absolute atomic E-state index is 11.8. The van der Waals surface area contributed by atoms with Gasteiger partial charge in [0.25, 0.3) is 0 Å². The molecule has 1 rings (SSSR count). The quantitative estimate of drug-likeness (QED) is 0.563. The van der Waals surface area contributed by atoms with Gasteiger partial charge in [-0.15, -0.1) is 0 Å². The molecule has 0 N–H and O–H groups in total. The average Bonchev–Trinajstić information content (AvgIpc) is 2.40. The number of benzene rings is 1. The molecule has 0 unspecified atom stereocenters. The Morgan fingerprint density at radius 2 is 1.57 bits per heavy atom. The van der Waals surface area contributed by atoms with Crippen molar-refractivity contribution >= 4 is 11.9 Å². The maximum Gasteiger partial charge on any atom is 0.313 e. The first-order chi connectivity index (χ1) is 9.90. The third-order valence-electron chi connectivity index (χ3n) is 2.92. The summed E-state index contributed by atoms with van der Waals surface area (Å²) in [7, 11) is 0. The van der Waals surface area contributed by atoms with E-state index in [9.17, 15) is 9.59 Å². The topological polar surface area (TPSA) is 52.6 Å². The second kappa shape index (κ2) is 8.45. The highest BCUT2D eigenvalue weighted by Crippen LogP contribution is 2.27. The number of hydrogen-bond acceptors (Lipinski definition) is 4. The van der Waals surface area contributed by atoms with Gasteiger partial charge < -0.3 is 9.47 Å². The second-order valence-electron chi connectivity index (χ2n) is 5.78. The van der Waals surface area contributed by atoms with Crippen LogP contribution in [0.5, 0.6) is 11.5 Å². The summed E-state index contributed by atoms with van der Waals surface area (Å²) in [5.74, 6) is 0.258. The summed E-state index contributed by atoms with van der Waals surface area (Å²) in [6, 6.07) is 6.72. The summed E-state index contributed by atoms with van der Waals surface area (Å²) in [4.78, 5) is 23.4. The third-order valence-corrected chi connectivity index (χ3v) is 2.92. The molecule has 0 spiro atoms. The summed E-state index contributed by atoms with van der Waals surface area (Å²) in [6.45, 7) is 7.74. The summed E-state index contributed by atoms with van der Waals surface area (Å²) < 4.78 is 10.5. The summed E-state index contributed by atoms with van der Waals surface area (Å²) >= 11 is 0. The van der Waals surface area contributed by atoms with Crippen LogP contribution >= 0.6 is 0 Å². The molecular formula is C17H24O4. The Labute approximate surface area is 126 Å². The molecule has 0 saturated carbocycles. The molecule has 21 heavy (non-hydrogen) atoms. The number of hydrogen-bond donors (Lipinski definition) is 0. The van der Waals surface area contributed by atoms with Crippen molar-refractivity contribution in [1.29, 1.82) is 0 Å². The van der Waals surface area contributed by atoms with Gasteiger partial charge in [0.15, 0.2) is 11.5 Å². The van der Waals surface area contributed by atoms with E-state index >= 15 is 0 Å². The van der Waals surface area contributed by atoms with Crippen LogP contribution in [0.4, 0.5) is 0 Å². The third kappa shape index (κ3) is 6.43. The molecule has 1 aromatic rings. The Morgan fingerprint density at radius 3 is 2.10 bits per heavy atom. The number of ether oxygens (including phenoxy) is 2. The Morgan fingerprint density at radius 1 is 1.00 bits per heavy atom. The van der Waals surface area contributed by atoms with Gasteiger partial charge in [-0.25, -0.2) is 0 Å². The lowest BCUT2D eigenvalue weighted by molar-refractivity contribution is -0.139. The molecule has 0 aliphatic carbocycles. The van der Waals surface area contributed by atoms with E-state index in [1.54, 1.807) is 38.1 Å². The van der Waals surface area contributed by atoms with Crippen molar-refractivity contribution in [2.75, 3.05) is 0 Å². The van der Waals surface area contributed by atoms with Crippen molar-refractivity contribution in [1.82, 2.24) is 0 Å². The normalized spacial score (nSPS) is 10.8. The second-order valence-corrected chi connectivity index (χ2v) is 5.78. The van der Waals surface area contributed by atoms with Crippen LogP contribution in [0, 0.1) is 11.8 Å². The lowest BCUT2D eigenvalue weighted by Crippen LogP contribution is -2.16. The molecular weight excluding hydrogens is 268 g/mol.